The van der Waals surface area contributed by atoms with Crippen LogP contribution in [0.3, 0.4) is 0 Å². The Labute approximate surface area is 141 Å². The van der Waals surface area contributed by atoms with Gasteiger partial charge in [-0.05, 0) is 49.2 Å². The number of rotatable bonds is 4. The zero-order valence-electron chi connectivity index (χ0n) is 12.9. The number of ether oxygens (including phenoxy) is 1. The summed E-state index contributed by atoms with van der Waals surface area (Å²) in [5, 5.41) is 3.56. The normalized spacial score (nSPS) is 15.2. The van der Waals surface area contributed by atoms with E-state index >= 15 is 0 Å². The van der Waals surface area contributed by atoms with Crippen LogP contribution in [-0.4, -0.2) is 5.91 Å². The lowest BCUT2D eigenvalue weighted by atomic mass is 9.88. The molecule has 1 saturated carbocycles. The Morgan fingerprint density at radius 2 is 1.70 bits per heavy atom. The van der Waals surface area contributed by atoms with Crippen molar-refractivity contribution in [2.75, 3.05) is 5.32 Å². The van der Waals surface area contributed by atoms with E-state index < -0.39 is 0 Å². The number of halogens is 1. The smallest absolute Gasteiger partial charge is 0.227 e. The number of carbonyl (C=O) groups is 1. The average molecular weight is 330 g/mol. The van der Waals surface area contributed by atoms with Gasteiger partial charge in [0.15, 0.2) is 0 Å². The highest BCUT2D eigenvalue weighted by molar-refractivity contribution is 6.32. The van der Waals surface area contributed by atoms with E-state index in [1.54, 1.807) is 6.07 Å². The molecular formula is C19H20ClNO2. The third-order valence-corrected chi connectivity index (χ3v) is 4.47. The number of anilines is 1. The van der Waals surface area contributed by atoms with Crippen molar-refractivity contribution in [2.24, 2.45) is 5.92 Å². The van der Waals surface area contributed by atoms with Crippen LogP contribution in [0.4, 0.5) is 5.69 Å². The Hall–Kier alpha value is -2.00. The van der Waals surface area contributed by atoms with Crippen molar-refractivity contribution in [1.82, 2.24) is 0 Å². The average Bonchev–Trinajstić information content (AvgIpc) is 2.59. The van der Waals surface area contributed by atoms with E-state index in [9.17, 15) is 4.79 Å². The lowest BCUT2D eigenvalue weighted by molar-refractivity contribution is -0.120. The Morgan fingerprint density at radius 3 is 2.39 bits per heavy atom. The molecule has 0 atom stereocenters. The molecule has 3 rings (SSSR count). The number of amides is 1. The second-order valence-corrected chi connectivity index (χ2v) is 6.29. The summed E-state index contributed by atoms with van der Waals surface area (Å²) in [6, 6.07) is 14.7. The molecule has 3 nitrogen and oxygen atoms in total. The fraction of sp³-hybridized carbons (Fsp3) is 0.316. The van der Waals surface area contributed by atoms with E-state index in [4.69, 9.17) is 16.3 Å². The molecule has 1 aliphatic carbocycles. The molecular weight excluding hydrogens is 310 g/mol. The molecule has 0 heterocycles. The summed E-state index contributed by atoms with van der Waals surface area (Å²) < 4.78 is 5.74. The maximum absolute atomic E-state index is 12.2. The number of benzene rings is 2. The second-order valence-electron chi connectivity index (χ2n) is 5.88. The minimum atomic E-state index is 0.129. The van der Waals surface area contributed by atoms with Crippen molar-refractivity contribution in [3.8, 4) is 11.5 Å². The maximum Gasteiger partial charge on any atom is 0.227 e. The quantitative estimate of drug-likeness (QED) is 0.787. The zero-order chi connectivity index (χ0) is 16.1. The predicted molar refractivity (Wildman–Crippen MR) is 93.2 cm³/mol. The van der Waals surface area contributed by atoms with Gasteiger partial charge in [0.05, 0.1) is 5.02 Å². The summed E-state index contributed by atoms with van der Waals surface area (Å²) in [5.41, 5.74) is 0.798. The molecule has 0 aromatic heterocycles. The van der Waals surface area contributed by atoms with Crippen molar-refractivity contribution < 1.29 is 9.53 Å². The molecule has 0 radical (unpaired) electrons. The summed E-state index contributed by atoms with van der Waals surface area (Å²) >= 11 is 6.08. The molecule has 1 aliphatic rings. The fourth-order valence-electron chi connectivity index (χ4n) is 2.87. The third-order valence-electron chi connectivity index (χ3n) is 4.16. The van der Waals surface area contributed by atoms with Crippen LogP contribution >= 0.6 is 11.6 Å². The Morgan fingerprint density at radius 1 is 1.00 bits per heavy atom. The van der Waals surface area contributed by atoms with Crippen molar-refractivity contribution in [3.05, 3.63) is 53.6 Å². The molecule has 1 fully saturated rings. The molecule has 0 spiro atoms. The highest BCUT2D eigenvalue weighted by Gasteiger charge is 2.20. The first kappa shape index (κ1) is 15.9. The number of para-hydroxylation sites is 1. The van der Waals surface area contributed by atoms with Crippen LogP contribution in [0.5, 0.6) is 11.5 Å². The Balaban J connectivity index is 1.60. The van der Waals surface area contributed by atoms with Gasteiger partial charge in [0, 0.05) is 11.6 Å². The lowest BCUT2D eigenvalue weighted by Gasteiger charge is -2.20. The first-order valence-corrected chi connectivity index (χ1v) is 8.43. The van der Waals surface area contributed by atoms with Crippen LogP contribution in [-0.2, 0) is 4.79 Å². The lowest BCUT2D eigenvalue weighted by Crippen LogP contribution is -2.24. The molecule has 120 valence electrons. The van der Waals surface area contributed by atoms with E-state index in [2.05, 4.69) is 5.32 Å². The first-order chi connectivity index (χ1) is 11.2. The third kappa shape index (κ3) is 4.26. The first-order valence-electron chi connectivity index (χ1n) is 8.06. The molecule has 2 aromatic carbocycles. The van der Waals surface area contributed by atoms with Gasteiger partial charge in [-0.2, -0.15) is 0 Å². The summed E-state index contributed by atoms with van der Waals surface area (Å²) in [6.07, 6.45) is 5.56. The van der Waals surface area contributed by atoms with Crippen molar-refractivity contribution in [1.29, 1.82) is 0 Å². The van der Waals surface area contributed by atoms with Gasteiger partial charge in [-0.1, -0.05) is 43.0 Å². The van der Waals surface area contributed by atoms with Gasteiger partial charge in [0.2, 0.25) is 5.91 Å². The van der Waals surface area contributed by atoms with Crippen molar-refractivity contribution in [3.63, 3.8) is 0 Å². The molecule has 0 saturated heterocycles. The molecule has 4 heteroatoms. The highest BCUT2D eigenvalue weighted by atomic mass is 35.5. The van der Waals surface area contributed by atoms with Crippen molar-refractivity contribution >= 4 is 23.2 Å². The van der Waals surface area contributed by atoms with Crippen LogP contribution in [0.25, 0.3) is 0 Å². The van der Waals surface area contributed by atoms with E-state index in [1.165, 1.54) is 6.42 Å². The van der Waals surface area contributed by atoms with Gasteiger partial charge in [-0.3, -0.25) is 4.79 Å². The summed E-state index contributed by atoms with van der Waals surface area (Å²) in [6.45, 7) is 0. The number of hydrogen-bond acceptors (Lipinski definition) is 2. The van der Waals surface area contributed by atoms with Crippen LogP contribution in [0, 0.1) is 5.92 Å². The molecule has 2 aromatic rings. The predicted octanol–water partition coefficient (Wildman–Crippen LogP) is 5.65. The molecule has 0 bridgehead atoms. The summed E-state index contributed by atoms with van der Waals surface area (Å²) in [4.78, 5) is 12.2. The minimum absolute atomic E-state index is 0.129. The van der Waals surface area contributed by atoms with Gasteiger partial charge in [0.25, 0.3) is 0 Å². The van der Waals surface area contributed by atoms with E-state index in [0.29, 0.717) is 16.5 Å². The number of hydrogen-bond donors (Lipinski definition) is 1. The second kappa shape index (κ2) is 7.51. The maximum atomic E-state index is 12.2. The van der Waals surface area contributed by atoms with Gasteiger partial charge in [-0.25, -0.2) is 0 Å². The highest BCUT2D eigenvalue weighted by Crippen LogP contribution is 2.30. The monoisotopic (exact) mass is 329 g/mol. The Kier molecular flexibility index (Phi) is 5.19. The van der Waals surface area contributed by atoms with Crippen LogP contribution < -0.4 is 10.1 Å². The largest absolute Gasteiger partial charge is 0.456 e. The zero-order valence-corrected chi connectivity index (χ0v) is 13.7. The standard InChI is InChI=1S/C19H20ClNO2/c20-17-8-4-5-9-18(17)23-16-12-10-15(11-13-16)21-19(22)14-6-2-1-3-7-14/h4-5,8-14H,1-3,6-7H2,(H,21,22). The topological polar surface area (TPSA) is 38.3 Å². The minimum Gasteiger partial charge on any atom is -0.456 e. The number of carbonyl (C=O) groups excluding carboxylic acids is 1. The van der Waals surface area contributed by atoms with E-state index in [-0.39, 0.29) is 11.8 Å². The number of nitrogens with one attached hydrogen (secondary N) is 1. The Bertz CT molecular complexity index is 663. The van der Waals surface area contributed by atoms with Crippen LogP contribution in [0.15, 0.2) is 48.5 Å². The molecule has 1 N–H and O–H groups in total. The summed E-state index contributed by atoms with van der Waals surface area (Å²) in [5.74, 6) is 1.59. The van der Waals surface area contributed by atoms with Gasteiger partial charge < -0.3 is 10.1 Å². The van der Waals surface area contributed by atoms with E-state index in [0.717, 1.165) is 31.4 Å². The van der Waals surface area contributed by atoms with Crippen LogP contribution in [0.1, 0.15) is 32.1 Å². The van der Waals surface area contributed by atoms with Gasteiger partial charge in [0.1, 0.15) is 11.5 Å². The SMILES string of the molecule is O=C(Nc1ccc(Oc2ccccc2Cl)cc1)C1CCCCC1. The van der Waals surface area contributed by atoms with Gasteiger partial charge >= 0.3 is 0 Å². The van der Waals surface area contributed by atoms with Crippen molar-refractivity contribution in [2.45, 2.75) is 32.1 Å². The molecule has 1 amide bonds. The van der Waals surface area contributed by atoms with E-state index in [1.807, 2.05) is 42.5 Å². The molecule has 0 aliphatic heterocycles. The molecule has 0 unspecified atom stereocenters. The fourth-order valence-corrected chi connectivity index (χ4v) is 3.04. The van der Waals surface area contributed by atoms with Crippen LogP contribution in [0.2, 0.25) is 5.02 Å². The van der Waals surface area contributed by atoms with Gasteiger partial charge in [-0.15, -0.1) is 0 Å². The summed E-state index contributed by atoms with van der Waals surface area (Å²) in [7, 11) is 0. The molecule has 23 heavy (non-hydrogen) atoms.